The Morgan fingerprint density at radius 3 is 1.36 bits per heavy atom. The number of nitrogens with zero attached hydrogens (tertiary/aromatic N) is 7. The lowest BCUT2D eigenvalue weighted by molar-refractivity contribution is -0.156. The van der Waals surface area contributed by atoms with Crippen LogP contribution in [0.25, 0.3) is 0 Å². The monoisotopic (exact) mass is 1170 g/mol. The summed E-state index contributed by atoms with van der Waals surface area (Å²) in [6.07, 6.45) is 3.05. The van der Waals surface area contributed by atoms with E-state index in [4.69, 9.17) is 0 Å². The summed E-state index contributed by atoms with van der Waals surface area (Å²) in [6.45, 7) is 27.3. The molecule has 474 valence electrons. The van der Waals surface area contributed by atoms with Crippen LogP contribution in [0.15, 0.2) is 12.2 Å². The smallest absolute Gasteiger partial charge is 0.246 e. The Bertz CT molecular complexity index is 2270. The number of amides is 11. The van der Waals surface area contributed by atoms with Crippen LogP contribution in [0.4, 0.5) is 0 Å². The van der Waals surface area contributed by atoms with Crippen LogP contribution >= 0.6 is 0 Å². The first-order valence-corrected chi connectivity index (χ1v) is 29.7. The van der Waals surface area contributed by atoms with E-state index in [1.807, 2.05) is 55.4 Å². The summed E-state index contributed by atoms with van der Waals surface area (Å²) in [7, 11) is 9.82. The Hall–Kier alpha value is -6.13. The van der Waals surface area contributed by atoms with E-state index in [9.17, 15) is 57.8 Å². The molecule has 1 aliphatic rings. The van der Waals surface area contributed by atoms with Crippen molar-refractivity contribution in [1.29, 1.82) is 0 Å². The average Bonchev–Trinajstić information content (AvgIpc) is 3.59. The van der Waals surface area contributed by atoms with Crippen LogP contribution in [0.3, 0.4) is 0 Å². The van der Waals surface area contributed by atoms with Gasteiger partial charge in [-0.25, -0.2) is 0 Å². The number of carbonyl (C=O) groups is 11. The fourth-order valence-electron chi connectivity index (χ4n) is 10.1. The van der Waals surface area contributed by atoms with Crippen LogP contribution < -0.4 is 21.3 Å². The van der Waals surface area contributed by atoms with Crippen LogP contribution in [0.2, 0.25) is 0 Å². The molecule has 0 radical (unpaired) electrons. The third-order valence-electron chi connectivity index (χ3n) is 15.7. The molecule has 0 aromatic rings. The summed E-state index contributed by atoms with van der Waals surface area (Å²) in [6, 6.07) is -12.3. The van der Waals surface area contributed by atoms with Crippen molar-refractivity contribution < 1.29 is 57.8 Å². The average molecular weight is 1170 g/mol. The first-order chi connectivity index (χ1) is 38.3. The number of hydrogen-bond donors (Lipinski definition) is 5. The standard InChI is InChI=1S/C60H107N11O12/c1-24-26-27-38(13)50(73)49-54(77)63-42(25-2)57(80)65(17)32-47(72)67(19)43(28-33(3)4)53(76)64-48(37(11)12)60(83)68(20)44(29-34(5)6)52(75)61-39(14)51(74)62-40(15)55(78)69(21)46(31-36(9)10)59(82)70(22)45(30-35(7)8)58(81)66(18)41(16)56(79)71(49)23/h24,26,33-46,48-50,73H,25,27-32H2,1-23H3,(H,61,75)(H,62,74)(H,63,77)(H,64,76)/b26-24+. The molecule has 1 heterocycles. The highest BCUT2D eigenvalue weighted by Crippen LogP contribution is 2.24. The summed E-state index contributed by atoms with van der Waals surface area (Å²) < 4.78 is 0. The van der Waals surface area contributed by atoms with Crippen molar-refractivity contribution >= 4 is 65.0 Å². The number of hydrogen-bond acceptors (Lipinski definition) is 12. The molecule has 23 nitrogen and oxygen atoms in total. The van der Waals surface area contributed by atoms with Crippen molar-refractivity contribution in [2.24, 2.45) is 35.5 Å². The van der Waals surface area contributed by atoms with Crippen molar-refractivity contribution in [3.63, 3.8) is 0 Å². The zero-order valence-corrected chi connectivity index (χ0v) is 54.5. The second kappa shape index (κ2) is 34.0. The van der Waals surface area contributed by atoms with E-state index in [1.165, 1.54) is 94.6 Å². The van der Waals surface area contributed by atoms with E-state index >= 15 is 0 Å². The van der Waals surface area contributed by atoms with Gasteiger partial charge in [0, 0.05) is 49.3 Å². The summed E-state index contributed by atoms with van der Waals surface area (Å²) in [4.78, 5) is 167. The van der Waals surface area contributed by atoms with E-state index in [0.29, 0.717) is 6.42 Å². The normalized spacial score (nSPS) is 27.2. The highest BCUT2D eigenvalue weighted by Gasteiger charge is 2.44. The minimum atomic E-state index is -1.60. The minimum Gasteiger partial charge on any atom is -0.390 e. The van der Waals surface area contributed by atoms with Gasteiger partial charge < -0.3 is 60.7 Å². The fourth-order valence-corrected chi connectivity index (χ4v) is 10.1. The van der Waals surface area contributed by atoms with Crippen LogP contribution in [0, 0.1) is 35.5 Å². The largest absolute Gasteiger partial charge is 0.390 e. The molecule has 0 aromatic heterocycles. The third kappa shape index (κ3) is 21.2. The number of aliphatic hydroxyl groups is 1. The van der Waals surface area contributed by atoms with E-state index < -0.39 is 150 Å². The molecule has 1 fully saturated rings. The van der Waals surface area contributed by atoms with E-state index in [-0.39, 0.29) is 55.8 Å². The van der Waals surface area contributed by atoms with Gasteiger partial charge in [-0.2, -0.15) is 0 Å². The zero-order chi connectivity index (χ0) is 64.4. The molecule has 12 atom stereocenters. The molecule has 0 aliphatic carbocycles. The van der Waals surface area contributed by atoms with Crippen LogP contribution in [-0.2, 0) is 52.7 Å². The van der Waals surface area contributed by atoms with Gasteiger partial charge in [-0.3, -0.25) is 52.7 Å². The van der Waals surface area contributed by atoms with Gasteiger partial charge in [0.2, 0.25) is 65.0 Å². The van der Waals surface area contributed by atoms with Gasteiger partial charge in [-0.15, -0.1) is 0 Å². The van der Waals surface area contributed by atoms with Gasteiger partial charge in [0.25, 0.3) is 0 Å². The maximum absolute atomic E-state index is 14.8. The predicted molar refractivity (Wildman–Crippen MR) is 319 cm³/mol. The van der Waals surface area contributed by atoms with Gasteiger partial charge in [0.1, 0.15) is 60.4 Å². The van der Waals surface area contributed by atoms with Gasteiger partial charge >= 0.3 is 0 Å². The molecule has 1 aliphatic heterocycles. The number of likely N-dealkylation sites (N-methyl/N-ethyl adjacent to an activating group) is 7. The molecule has 0 saturated carbocycles. The second-order valence-electron chi connectivity index (χ2n) is 25.1. The van der Waals surface area contributed by atoms with E-state index in [2.05, 4.69) is 21.3 Å². The fraction of sp³-hybridized carbons (Fsp3) is 0.783. The lowest BCUT2D eigenvalue weighted by Gasteiger charge is -2.40. The Morgan fingerprint density at radius 2 is 0.904 bits per heavy atom. The molecule has 0 aromatic carbocycles. The van der Waals surface area contributed by atoms with Crippen LogP contribution in [-0.4, -0.2) is 227 Å². The van der Waals surface area contributed by atoms with Crippen molar-refractivity contribution in [3.8, 4) is 0 Å². The lowest BCUT2D eigenvalue weighted by atomic mass is 9.92. The summed E-state index contributed by atoms with van der Waals surface area (Å²) in [5.41, 5.74) is 0. The van der Waals surface area contributed by atoms with Gasteiger partial charge in [0.15, 0.2) is 0 Å². The molecule has 11 amide bonds. The summed E-state index contributed by atoms with van der Waals surface area (Å²) in [5, 5.41) is 22.9. The molecule has 1 rings (SSSR count). The van der Waals surface area contributed by atoms with Crippen molar-refractivity contribution in [2.45, 2.75) is 216 Å². The van der Waals surface area contributed by atoms with Gasteiger partial charge in [-0.05, 0) is 102 Å². The third-order valence-corrected chi connectivity index (χ3v) is 15.7. The highest BCUT2D eigenvalue weighted by atomic mass is 16.3. The Kier molecular flexibility index (Phi) is 30.7. The number of carbonyl (C=O) groups excluding carboxylic acids is 11. The highest BCUT2D eigenvalue weighted by molar-refractivity contribution is 5.99. The first kappa shape index (κ1) is 74.9. The molecule has 0 spiro atoms. The van der Waals surface area contributed by atoms with Crippen molar-refractivity contribution in [1.82, 2.24) is 55.6 Å². The molecule has 1 saturated heterocycles. The van der Waals surface area contributed by atoms with E-state index in [0.717, 1.165) is 9.80 Å². The van der Waals surface area contributed by atoms with Gasteiger partial charge in [-0.1, -0.05) is 95.2 Å². The molecule has 5 N–H and O–H groups in total. The van der Waals surface area contributed by atoms with Crippen LogP contribution in [0.1, 0.15) is 149 Å². The topological polar surface area (TPSA) is 279 Å². The maximum atomic E-state index is 14.8. The molecule has 83 heavy (non-hydrogen) atoms. The number of aliphatic hydroxyl groups excluding tert-OH is 1. The zero-order valence-electron chi connectivity index (χ0n) is 54.5. The second-order valence-corrected chi connectivity index (χ2v) is 25.1. The minimum absolute atomic E-state index is 0.0246. The lowest BCUT2D eigenvalue weighted by Crippen LogP contribution is -2.62. The van der Waals surface area contributed by atoms with E-state index in [1.54, 1.807) is 46.8 Å². The SMILES string of the molecule is C/C=C/CC(C)C(O)C1C(=O)NC(CC)C(=O)N(C)CC(=O)N(C)C(CC(C)C)C(=O)NC(C(C)C)C(=O)N(C)C(CC(C)C)C(=O)NC(C)C(=O)NC(C)C(=O)N(C)C(CC(C)C)C(=O)N(C)C(CC(C)C)C(=O)N(C)C(C)C(=O)N1C. The Labute approximate surface area is 496 Å². The van der Waals surface area contributed by atoms with Crippen LogP contribution in [0.5, 0.6) is 0 Å². The number of allylic oxidation sites excluding steroid dienone is 2. The van der Waals surface area contributed by atoms with Crippen molar-refractivity contribution in [2.75, 3.05) is 55.9 Å². The molecule has 0 bridgehead atoms. The quantitative estimate of drug-likeness (QED) is 0.157. The number of nitrogens with one attached hydrogen (secondary N) is 4. The molecular weight excluding hydrogens is 1070 g/mol. The molecule has 12 unspecified atom stereocenters. The van der Waals surface area contributed by atoms with Crippen molar-refractivity contribution in [3.05, 3.63) is 12.2 Å². The first-order valence-electron chi connectivity index (χ1n) is 29.7. The number of rotatable bonds is 14. The molecular formula is C60H107N11O12. The Morgan fingerprint density at radius 1 is 0.482 bits per heavy atom. The summed E-state index contributed by atoms with van der Waals surface area (Å²) >= 11 is 0. The Balaban J connectivity index is 4.23. The molecule has 23 heteroatoms. The van der Waals surface area contributed by atoms with Gasteiger partial charge in [0.05, 0.1) is 12.6 Å². The predicted octanol–water partition coefficient (Wildman–Crippen LogP) is 2.63. The summed E-state index contributed by atoms with van der Waals surface area (Å²) in [5.74, 6) is -9.15. The maximum Gasteiger partial charge on any atom is 0.246 e.